The van der Waals surface area contributed by atoms with Gasteiger partial charge in [-0.05, 0) is 36.8 Å². The van der Waals surface area contributed by atoms with Gasteiger partial charge in [-0.2, -0.15) is 0 Å². The number of fused-ring (bicyclic) bond motifs is 1. The van der Waals surface area contributed by atoms with Gasteiger partial charge in [0.25, 0.3) is 5.91 Å². The van der Waals surface area contributed by atoms with Gasteiger partial charge in [0.2, 0.25) is 0 Å². The van der Waals surface area contributed by atoms with Crippen LogP contribution < -0.4 is 9.47 Å². The number of hydrogen-bond acceptors (Lipinski definition) is 4. The van der Waals surface area contributed by atoms with Crippen molar-refractivity contribution >= 4 is 23.2 Å². The third kappa shape index (κ3) is 4.93. The number of halogens is 4. The van der Waals surface area contributed by atoms with Crippen molar-refractivity contribution in [1.29, 1.82) is 0 Å². The Morgan fingerprint density at radius 1 is 1.16 bits per heavy atom. The maximum atomic E-state index is 13.2. The van der Waals surface area contributed by atoms with Crippen LogP contribution in [0.3, 0.4) is 0 Å². The zero-order valence-electron chi connectivity index (χ0n) is 17.2. The van der Waals surface area contributed by atoms with E-state index in [-0.39, 0.29) is 17.8 Å². The Balaban J connectivity index is 1.39. The molecule has 3 heterocycles. The van der Waals surface area contributed by atoms with Gasteiger partial charge in [-0.25, -0.2) is 4.98 Å². The zero-order valence-corrected chi connectivity index (χ0v) is 18.0. The number of pyridine rings is 1. The van der Waals surface area contributed by atoms with E-state index in [0.29, 0.717) is 54.5 Å². The van der Waals surface area contributed by atoms with E-state index in [1.165, 1.54) is 24.3 Å². The lowest BCUT2D eigenvalue weighted by Crippen LogP contribution is -2.42. The number of alkyl halides is 3. The van der Waals surface area contributed by atoms with E-state index in [9.17, 15) is 18.0 Å². The number of aryl methyl sites for hydroxylation is 1. The second-order valence-corrected chi connectivity index (χ2v) is 7.90. The number of rotatable bonds is 5. The number of carbonyl (C=O) groups is 1. The number of carbonyl (C=O) groups excluding carboxylic acids is 1. The smallest absolute Gasteiger partial charge is 0.490 e. The van der Waals surface area contributed by atoms with Crippen LogP contribution in [0.2, 0.25) is 5.02 Å². The van der Waals surface area contributed by atoms with Gasteiger partial charge in [0.15, 0.2) is 0 Å². The molecule has 0 radical (unpaired) electrons. The van der Waals surface area contributed by atoms with Crippen molar-refractivity contribution in [2.45, 2.75) is 38.7 Å². The molecule has 1 aromatic carbocycles. The molecule has 0 unspecified atom stereocenters. The highest BCUT2D eigenvalue weighted by Crippen LogP contribution is 2.27. The molecule has 4 rings (SSSR count). The fourth-order valence-electron chi connectivity index (χ4n) is 3.78. The Hall–Kier alpha value is -2.94. The topological polar surface area (TPSA) is 56.1 Å². The van der Waals surface area contributed by atoms with Crippen molar-refractivity contribution in [2.24, 2.45) is 0 Å². The molecule has 3 aromatic rings. The molecule has 32 heavy (non-hydrogen) atoms. The number of piperidine rings is 1. The number of aromatic nitrogens is 2. The number of benzene rings is 1. The quantitative estimate of drug-likeness (QED) is 0.522. The molecule has 1 saturated heterocycles. The molecule has 0 atom stereocenters. The van der Waals surface area contributed by atoms with Crippen molar-refractivity contribution in [1.82, 2.24) is 14.3 Å². The fourth-order valence-corrected chi connectivity index (χ4v) is 3.93. The standard InChI is InChI=1S/C22H21ClF3N3O3/c1-2-18-20(29-12-7-14(23)13-19(29)27-18)21(30)28-10-8-16(9-11-28)31-15-3-5-17(6-4-15)32-22(24,25)26/h3-7,12-13,16H,2,8-11H2,1H3. The highest BCUT2D eigenvalue weighted by atomic mass is 35.5. The van der Waals surface area contributed by atoms with Crippen molar-refractivity contribution in [3.63, 3.8) is 0 Å². The summed E-state index contributed by atoms with van der Waals surface area (Å²) in [6.07, 6.45) is -1.28. The normalized spacial score (nSPS) is 15.2. The summed E-state index contributed by atoms with van der Waals surface area (Å²) >= 11 is 6.05. The van der Waals surface area contributed by atoms with E-state index in [2.05, 4.69) is 9.72 Å². The van der Waals surface area contributed by atoms with E-state index in [1.54, 1.807) is 27.6 Å². The number of nitrogens with zero attached hydrogens (tertiary/aromatic N) is 3. The first-order valence-corrected chi connectivity index (χ1v) is 10.6. The molecular weight excluding hydrogens is 447 g/mol. The van der Waals surface area contributed by atoms with E-state index < -0.39 is 6.36 Å². The van der Waals surface area contributed by atoms with Crippen LogP contribution in [0.4, 0.5) is 13.2 Å². The van der Waals surface area contributed by atoms with Gasteiger partial charge in [0, 0.05) is 43.2 Å². The summed E-state index contributed by atoms with van der Waals surface area (Å²) in [4.78, 5) is 19.6. The Labute approximate surface area is 187 Å². The molecule has 1 aliphatic rings. The van der Waals surface area contributed by atoms with Gasteiger partial charge < -0.3 is 14.4 Å². The number of imidazole rings is 1. The lowest BCUT2D eigenvalue weighted by atomic mass is 10.1. The average Bonchev–Trinajstić information content (AvgIpc) is 3.11. The zero-order chi connectivity index (χ0) is 22.9. The molecule has 10 heteroatoms. The first-order valence-electron chi connectivity index (χ1n) is 10.2. The first-order chi connectivity index (χ1) is 15.2. The predicted octanol–water partition coefficient (Wildman–Crippen LogP) is 5.13. The minimum atomic E-state index is -4.73. The van der Waals surface area contributed by atoms with Crippen LogP contribution in [-0.4, -0.2) is 45.7 Å². The number of amides is 1. The molecule has 0 bridgehead atoms. The molecule has 0 N–H and O–H groups in total. The van der Waals surface area contributed by atoms with Gasteiger partial charge in [-0.3, -0.25) is 9.20 Å². The molecule has 170 valence electrons. The summed E-state index contributed by atoms with van der Waals surface area (Å²) in [7, 11) is 0. The SMILES string of the molecule is CCc1nc2cc(Cl)ccn2c1C(=O)N1CCC(Oc2ccc(OC(F)(F)F)cc2)CC1. The van der Waals surface area contributed by atoms with Gasteiger partial charge in [-0.1, -0.05) is 18.5 Å². The molecule has 1 aliphatic heterocycles. The van der Waals surface area contributed by atoms with E-state index in [1.807, 2.05) is 6.92 Å². The fraction of sp³-hybridized carbons (Fsp3) is 0.364. The molecule has 0 spiro atoms. The van der Waals surface area contributed by atoms with Gasteiger partial charge in [0.05, 0.1) is 5.69 Å². The second kappa shape index (κ2) is 8.90. The summed E-state index contributed by atoms with van der Waals surface area (Å²) in [6.45, 7) is 2.96. The van der Waals surface area contributed by atoms with Crippen molar-refractivity contribution in [2.75, 3.05) is 13.1 Å². The molecule has 1 fully saturated rings. The molecule has 0 saturated carbocycles. The van der Waals surface area contributed by atoms with E-state index in [4.69, 9.17) is 16.3 Å². The number of hydrogen-bond donors (Lipinski definition) is 0. The molecular formula is C22H21ClF3N3O3. The van der Waals surface area contributed by atoms with Crippen LogP contribution in [0.25, 0.3) is 5.65 Å². The first kappa shape index (κ1) is 22.3. The second-order valence-electron chi connectivity index (χ2n) is 7.46. The van der Waals surface area contributed by atoms with Crippen LogP contribution >= 0.6 is 11.6 Å². The summed E-state index contributed by atoms with van der Waals surface area (Å²) < 4.78 is 48.3. The minimum Gasteiger partial charge on any atom is -0.490 e. The van der Waals surface area contributed by atoms with Crippen LogP contribution in [0, 0.1) is 0 Å². The lowest BCUT2D eigenvalue weighted by molar-refractivity contribution is -0.274. The molecule has 6 nitrogen and oxygen atoms in total. The Kier molecular flexibility index (Phi) is 6.19. The summed E-state index contributed by atoms with van der Waals surface area (Å²) in [5, 5.41) is 0.556. The predicted molar refractivity (Wildman–Crippen MR) is 112 cm³/mol. The van der Waals surface area contributed by atoms with Crippen molar-refractivity contribution in [3.05, 3.63) is 59.0 Å². The van der Waals surface area contributed by atoms with Crippen molar-refractivity contribution < 1.29 is 27.4 Å². The highest BCUT2D eigenvalue weighted by Gasteiger charge is 2.31. The van der Waals surface area contributed by atoms with Crippen molar-refractivity contribution in [3.8, 4) is 11.5 Å². The van der Waals surface area contributed by atoms with E-state index >= 15 is 0 Å². The summed E-state index contributed by atoms with van der Waals surface area (Å²) in [5.74, 6) is 0.0614. The lowest BCUT2D eigenvalue weighted by Gasteiger charge is -2.32. The maximum Gasteiger partial charge on any atom is 0.573 e. The van der Waals surface area contributed by atoms with Gasteiger partial charge >= 0.3 is 6.36 Å². The third-order valence-corrected chi connectivity index (χ3v) is 5.52. The Morgan fingerprint density at radius 2 is 1.81 bits per heavy atom. The summed E-state index contributed by atoms with van der Waals surface area (Å²) in [5.41, 5.74) is 1.89. The maximum absolute atomic E-state index is 13.2. The Bertz CT molecular complexity index is 1110. The molecule has 2 aromatic heterocycles. The van der Waals surface area contributed by atoms with Crippen LogP contribution in [0.1, 0.15) is 35.9 Å². The number of likely N-dealkylation sites (tertiary alicyclic amines) is 1. The van der Waals surface area contributed by atoms with Gasteiger partial charge in [0.1, 0.15) is 28.9 Å². The molecule has 1 amide bonds. The highest BCUT2D eigenvalue weighted by molar-refractivity contribution is 6.30. The monoisotopic (exact) mass is 467 g/mol. The van der Waals surface area contributed by atoms with Crippen LogP contribution in [0.5, 0.6) is 11.5 Å². The van der Waals surface area contributed by atoms with E-state index in [0.717, 1.165) is 5.69 Å². The van der Waals surface area contributed by atoms with Crippen LogP contribution in [-0.2, 0) is 6.42 Å². The third-order valence-electron chi connectivity index (χ3n) is 5.29. The van der Waals surface area contributed by atoms with Gasteiger partial charge in [-0.15, -0.1) is 13.2 Å². The van der Waals surface area contributed by atoms with Crippen LogP contribution in [0.15, 0.2) is 42.6 Å². The Morgan fingerprint density at radius 3 is 2.44 bits per heavy atom. The average molecular weight is 468 g/mol. The number of ether oxygens (including phenoxy) is 2. The summed E-state index contributed by atoms with van der Waals surface area (Å²) in [6, 6.07) is 8.75. The molecule has 0 aliphatic carbocycles. The minimum absolute atomic E-state index is 0.0937. The largest absolute Gasteiger partial charge is 0.573 e.